The van der Waals surface area contributed by atoms with Crippen LogP contribution in [-0.2, 0) is 0 Å². The first-order valence-electron chi connectivity index (χ1n) is 10.2. The van der Waals surface area contributed by atoms with E-state index in [0.717, 1.165) is 30.2 Å². The van der Waals surface area contributed by atoms with Gasteiger partial charge in [0.25, 0.3) is 5.88 Å². The number of halogens is 1. The van der Waals surface area contributed by atoms with E-state index in [1.165, 1.54) is 25.3 Å². The lowest BCUT2D eigenvalue weighted by Crippen LogP contribution is -2.33. The summed E-state index contributed by atoms with van der Waals surface area (Å²) < 4.78 is 30.0. The van der Waals surface area contributed by atoms with Gasteiger partial charge < -0.3 is 14.2 Å². The van der Waals surface area contributed by atoms with Gasteiger partial charge in [0.2, 0.25) is 0 Å². The lowest BCUT2D eigenvalue weighted by molar-refractivity contribution is 0.152. The summed E-state index contributed by atoms with van der Waals surface area (Å²) in [5, 5.41) is 0. The van der Waals surface area contributed by atoms with E-state index in [0.29, 0.717) is 30.5 Å². The van der Waals surface area contributed by atoms with Gasteiger partial charge in [-0.05, 0) is 46.7 Å². The highest BCUT2D eigenvalue weighted by Crippen LogP contribution is 2.33. The van der Waals surface area contributed by atoms with Crippen LogP contribution in [0.2, 0.25) is 0 Å². The van der Waals surface area contributed by atoms with E-state index in [2.05, 4.69) is 14.9 Å². The predicted octanol–water partition coefficient (Wildman–Crippen LogP) is 4.25. The number of rotatable bonds is 3. The molecule has 0 aliphatic carbocycles. The number of nitrogens with zero attached hydrogens (tertiary/aromatic N) is 3. The number of ether oxygens (including phenoxy) is 3. The first kappa shape index (κ1) is 21.3. The van der Waals surface area contributed by atoms with E-state index < -0.39 is 0 Å². The molecular weight excluding hydrogens is 373 g/mol. The second-order valence-electron chi connectivity index (χ2n) is 7.42. The Bertz CT molecular complexity index is 805. The first-order chi connectivity index (χ1) is 14.0. The van der Waals surface area contributed by atoms with Gasteiger partial charge in [0.1, 0.15) is 24.8 Å². The molecule has 2 aliphatic heterocycles. The van der Waals surface area contributed by atoms with Gasteiger partial charge >= 0.3 is 0 Å². The zero-order valence-electron chi connectivity index (χ0n) is 17.7. The molecule has 1 fully saturated rings. The van der Waals surface area contributed by atoms with Crippen LogP contribution in [0.5, 0.6) is 17.4 Å². The molecule has 0 saturated carbocycles. The minimum atomic E-state index is -0.303. The monoisotopic (exact) mass is 403 g/mol. The highest BCUT2D eigenvalue weighted by Gasteiger charge is 2.25. The van der Waals surface area contributed by atoms with E-state index in [4.69, 9.17) is 14.2 Å². The van der Waals surface area contributed by atoms with Gasteiger partial charge in [0.05, 0.1) is 18.8 Å². The number of methoxy groups -OCH3 is 1. The molecule has 1 saturated heterocycles. The minimum Gasteiger partial charge on any atom is -0.497 e. The van der Waals surface area contributed by atoms with Gasteiger partial charge in [0.15, 0.2) is 5.75 Å². The van der Waals surface area contributed by atoms with Crippen LogP contribution >= 0.6 is 0 Å². The van der Waals surface area contributed by atoms with Crippen LogP contribution in [0.3, 0.4) is 0 Å². The zero-order valence-corrected chi connectivity index (χ0v) is 17.7. The molecule has 158 valence electrons. The molecule has 0 spiro atoms. The molecule has 0 amide bonds. The molecule has 0 aromatic carbocycles. The van der Waals surface area contributed by atoms with E-state index >= 15 is 0 Å². The summed E-state index contributed by atoms with van der Waals surface area (Å²) in [5.74, 6) is 1.41. The normalized spacial score (nSPS) is 17.1. The number of aromatic nitrogens is 2. The van der Waals surface area contributed by atoms with Crippen molar-refractivity contribution in [2.75, 3.05) is 33.4 Å². The van der Waals surface area contributed by atoms with Gasteiger partial charge in [-0.25, -0.2) is 9.37 Å². The Morgan fingerprint density at radius 1 is 1.00 bits per heavy atom. The standard InChI is InChI=1S/C14H19FN2O2.C8H11NO/c1-10(17-5-3-2-4-6-17)13-11(15)9-12-14(16-13)19-8-7-18-12;1-6-4-8(10-3)5-7(2)9-6/h9-10H,2-8H2,1H3;4-5H,1-3H3. The molecule has 6 nitrogen and oxygen atoms in total. The number of fused-ring (bicyclic) bond motifs is 1. The molecule has 7 heteroatoms. The second kappa shape index (κ2) is 9.87. The SMILES string of the molecule is CC(c1nc2c(cc1F)OCCO2)N1CCCCC1.COc1cc(C)nc(C)c1. The van der Waals surface area contributed by atoms with Crippen LogP contribution in [0.15, 0.2) is 18.2 Å². The summed E-state index contributed by atoms with van der Waals surface area (Å²) >= 11 is 0. The molecule has 4 heterocycles. The van der Waals surface area contributed by atoms with Crippen LogP contribution in [0.4, 0.5) is 4.39 Å². The third-order valence-electron chi connectivity index (χ3n) is 5.14. The van der Waals surface area contributed by atoms with Crippen LogP contribution in [0.25, 0.3) is 0 Å². The Morgan fingerprint density at radius 3 is 2.31 bits per heavy atom. The number of hydrogen-bond acceptors (Lipinski definition) is 6. The average molecular weight is 403 g/mol. The summed E-state index contributed by atoms with van der Waals surface area (Å²) in [6.07, 6.45) is 3.62. The molecule has 0 radical (unpaired) electrons. The Labute approximate surface area is 172 Å². The largest absolute Gasteiger partial charge is 0.497 e. The third kappa shape index (κ3) is 5.56. The van der Waals surface area contributed by atoms with Crippen molar-refractivity contribution in [3.63, 3.8) is 0 Å². The summed E-state index contributed by atoms with van der Waals surface area (Å²) in [4.78, 5) is 10.8. The maximum absolute atomic E-state index is 14.2. The third-order valence-corrected chi connectivity index (χ3v) is 5.14. The smallest absolute Gasteiger partial charge is 0.257 e. The van der Waals surface area contributed by atoms with Crippen LogP contribution in [0.1, 0.15) is 49.3 Å². The van der Waals surface area contributed by atoms with Crippen molar-refractivity contribution in [2.24, 2.45) is 0 Å². The average Bonchev–Trinajstić information content (AvgIpc) is 2.73. The number of piperidine rings is 1. The van der Waals surface area contributed by atoms with E-state index in [9.17, 15) is 4.39 Å². The number of pyridine rings is 2. The van der Waals surface area contributed by atoms with Gasteiger partial charge in [-0.15, -0.1) is 0 Å². The van der Waals surface area contributed by atoms with E-state index in [1.54, 1.807) is 7.11 Å². The van der Waals surface area contributed by atoms with Gasteiger partial charge in [-0.3, -0.25) is 9.88 Å². The Kier molecular flexibility index (Phi) is 7.25. The fourth-order valence-electron chi connectivity index (χ4n) is 3.65. The van der Waals surface area contributed by atoms with Crippen molar-refractivity contribution >= 4 is 0 Å². The maximum atomic E-state index is 14.2. The van der Waals surface area contributed by atoms with Crippen molar-refractivity contribution in [3.05, 3.63) is 41.1 Å². The quantitative estimate of drug-likeness (QED) is 0.764. The number of likely N-dealkylation sites (tertiary alicyclic amines) is 1. The summed E-state index contributed by atoms with van der Waals surface area (Å²) in [6, 6.07) is 5.20. The number of aryl methyl sites for hydroxylation is 2. The van der Waals surface area contributed by atoms with Crippen LogP contribution in [-0.4, -0.2) is 48.3 Å². The zero-order chi connectivity index (χ0) is 20.8. The Morgan fingerprint density at radius 2 is 1.66 bits per heavy atom. The van der Waals surface area contributed by atoms with Gasteiger partial charge in [0, 0.05) is 29.6 Å². The van der Waals surface area contributed by atoms with E-state index in [-0.39, 0.29) is 11.9 Å². The van der Waals surface area contributed by atoms with Crippen molar-refractivity contribution in [1.29, 1.82) is 0 Å². The fraction of sp³-hybridized carbons (Fsp3) is 0.545. The van der Waals surface area contributed by atoms with Crippen LogP contribution in [0, 0.1) is 19.7 Å². The van der Waals surface area contributed by atoms with Crippen molar-refractivity contribution in [3.8, 4) is 17.4 Å². The minimum absolute atomic E-state index is 0.0175. The fourth-order valence-corrected chi connectivity index (χ4v) is 3.65. The molecular formula is C22H30FN3O3. The summed E-state index contributed by atoms with van der Waals surface area (Å²) in [5.41, 5.74) is 2.46. The van der Waals surface area contributed by atoms with Crippen LogP contribution < -0.4 is 14.2 Å². The lowest BCUT2D eigenvalue weighted by atomic mass is 10.1. The van der Waals surface area contributed by atoms with E-state index in [1.807, 2.05) is 32.9 Å². The van der Waals surface area contributed by atoms with Gasteiger partial charge in [-0.2, -0.15) is 0 Å². The topological polar surface area (TPSA) is 56.7 Å². The van der Waals surface area contributed by atoms with Gasteiger partial charge in [-0.1, -0.05) is 6.42 Å². The molecule has 2 aromatic rings. The Hall–Kier alpha value is -2.41. The molecule has 2 aliphatic rings. The molecule has 0 N–H and O–H groups in total. The predicted molar refractivity (Wildman–Crippen MR) is 109 cm³/mol. The summed E-state index contributed by atoms with van der Waals surface area (Å²) in [6.45, 7) is 8.86. The molecule has 29 heavy (non-hydrogen) atoms. The molecule has 1 unspecified atom stereocenters. The lowest BCUT2D eigenvalue weighted by Gasteiger charge is -2.32. The Balaban J connectivity index is 0.000000204. The van der Waals surface area contributed by atoms with Crippen molar-refractivity contribution < 1.29 is 18.6 Å². The summed E-state index contributed by atoms with van der Waals surface area (Å²) in [7, 11) is 1.66. The molecule has 4 rings (SSSR count). The number of hydrogen-bond donors (Lipinski definition) is 0. The first-order valence-corrected chi connectivity index (χ1v) is 10.2. The molecule has 2 aromatic heterocycles. The highest BCUT2D eigenvalue weighted by atomic mass is 19.1. The van der Waals surface area contributed by atoms with Crippen molar-refractivity contribution in [1.82, 2.24) is 14.9 Å². The second-order valence-corrected chi connectivity index (χ2v) is 7.42. The molecule has 1 atom stereocenters. The maximum Gasteiger partial charge on any atom is 0.257 e. The highest BCUT2D eigenvalue weighted by molar-refractivity contribution is 5.37. The van der Waals surface area contributed by atoms with Crippen molar-refractivity contribution in [2.45, 2.75) is 46.1 Å². The molecule has 0 bridgehead atoms.